The number of hydrogen-bond acceptors (Lipinski definition) is 6. The highest BCUT2D eigenvalue weighted by Crippen LogP contribution is 2.31. The standard InChI is InChI=1S/C23H27N3O3/c1-4-5-6-7-16-29-23-24-21(17-8-12-19(27-2)13-9-17)22(25-26-23)18-10-14-20(28-3)15-11-18/h8-15H,4-7,16H2,1-3H3. The average molecular weight is 393 g/mol. The molecule has 1 aromatic heterocycles. The van der Waals surface area contributed by atoms with Gasteiger partial charge in [0.15, 0.2) is 0 Å². The van der Waals surface area contributed by atoms with Gasteiger partial charge >= 0.3 is 6.01 Å². The minimum Gasteiger partial charge on any atom is -0.497 e. The van der Waals surface area contributed by atoms with Crippen molar-refractivity contribution in [2.24, 2.45) is 0 Å². The molecule has 0 bridgehead atoms. The van der Waals surface area contributed by atoms with Gasteiger partial charge in [-0.3, -0.25) is 0 Å². The molecule has 0 fully saturated rings. The molecule has 0 radical (unpaired) electrons. The van der Waals surface area contributed by atoms with E-state index in [9.17, 15) is 0 Å². The summed E-state index contributed by atoms with van der Waals surface area (Å²) in [6.45, 7) is 2.78. The molecule has 3 aromatic rings. The van der Waals surface area contributed by atoms with Crippen LogP contribution in [0.1, 0.15) is 32.6 Å². The predicted octanol–water partition coefficient (Wildman–Crippen LogP) is 5.18. The van der Waals surface area contributed by atoms with Gasteiger partial charge in [-0.25, -0.2) is 0 Å². The number of rotatable bonds is 10. The van der Waals surface area contributed by atoms with Crippen molar-refractivity contribution in [3.05, 3.63) is 48.5 Å². The molecule has 0 amide bonds. The van der Waals surface area contributed by atoms with Crippen molar-refractivity contribution < 1.29 is 14.2 Å². The molecule has 2 aromatic carbocycles. The van der Waals surface area contributed by atoms with E-state index in [1.165, 1.54) is 12.8 Å². The molecule has 6 nitrogen and oxygen atoms in total. The smallest absolute Gasteiger partial charge is 0.336 e. The van der Waals surface area contributed by atoms with Crippen LogP contribution < -0.4 is 14.2 Å². The summed E-state index contributed by atoms with van der Waals surface area (Å²) in [6, 6.07) is 15.7. The van der Waals surface area contributed by atoms with Crippen molar-refractivity contribution in [2.75, 3.05) is 20.8 Å². The Hall–Kier alpha value is -3.15. The molecule has 0 saturated carbocycles. The van der Waals surface area contributed by atoms with E-state index in [1.54, 1.807) is 14.2 Å². The van der Waals surface area contributed by atoms with Crippen LogP contribution in [0.4, 0.5) is 0 Å². The van der Waals surface area contributed by atoms with Crippen LogP contribution in [0, 0.1) is 0 Å². The highest BCUT2D eigenvalue weighted by molar-refractivity contribution is 5.78. The second-order valence-corrected chi connectivity index (χ2v) is 6.66. The van der Waals surface area contributed by atoms with Crippen molar-refractivity contribution >= 4 is 0 Å². The number of methoxy groups -OCH3 is 2. The maximum absolute atomic E-state index is 5.76. The molecule has 29 heavy (non-hydrogen) atoms. The molecule has 0 spiro atoms. The predicted molar refractivity (Wildman–Crippen MR) is 113 cm³/mol. The molecule has 0 N–H and O–H groups in total. The minimum absolute atomic E-state index is 0.296. The molecule has 0 saturated heterocycles. The normalized spacial score (nSPS) is 10.6. The van der Waals surface area contributed by atoms with E-state index in [0.717, 1.165) is 41.2 Å². The molecule has 3 rings (SSSR count). The quantitative estimate of drug-likeness (QED) is 0.442. The van der Waals surface area contributed by atoms with E-state index in [4.69, 9.17) is 14.2 Å². The van der Waals surface area contributed by atoms with Gasteiger partial charge in [0.05, 0.1) is 20.8 Å². The second kappa shape index (κ2) is 10.4. The molecule has 0 aliphatic heterocycles. The lowest BCUT2D eigenvalue weighted by atomic mass is 10.0. The first-order valence-electron chi connectivity index (χ1n) is 9.91. The minimum atomic E-state index is 0.296. The zero-order valence-electron chi connectivity index (χ0n) is 17.2. The molecule has 1 heterocycles. The Labute approximate surface area is 171 Å². The van der Waals surface area contributed by atoms with Crippen molar-refractivity contribution in [1.29, 1.82) is 0 Å². The second-order valence-electron chi connectivity index (χ2n) is 6.66. The number of hydrogen-bond donors (Lipinski definition) is 0. The summed E-state index contributed by atoms with van der Waals surface area (Å²) in [6.07, 6.45) is 4.51. The molecule has 152 valence electrons. The molecule has 0 aliphatic carbocycles. The number of ether oxygens (including phenoxy) is 3. The summed E-state index contributed by atoms with van der Waals surface area (Å²) in [5.74, 6) is 1.57. The summed E-state index contributed by atoms with van der Waals surface area (Å²) >= 11 is 0. The highest BCUT2D eigenvalue weighted by Gasteiger charge is 2.15. The summed E-state index contributed by atoms with van der Waals surface area (Å²) in [5, 5.41) is 8.62. The van der Waals surface area contributed by atoms with E-state index in [2.05, 4.69) is 22.1 Å². The van der Waals surface area contributed by atoms with Crippen molar-refractivity contribution in [3.8, 4) is 40.0 Å². The Balaban J connectivity index is 1.91. The fourth-order valence-corrected chi connectivity index (χ4v) is 2.96. The van der Waals surface area contributed by atoms with Crippen LogP contribution in [0.2, 0.25) is 0 Å². The summed E-state index contributed by atoms with van der Waals surface area (Å²) < 4.78 is 16.3. The van der Waals surface area contributed by atoms with E-state index < -0.39 is 0 Å². The first-order chi connectivity index (χ1) is 14.2. The Morgan fingerprint density at radius 3 is 1.83 bits per heavy atom. The van der Waals surface area contributed by atoms with Gasteiger partial charge in [-0.2, -0.15) is 4.98 Å². The van der Waals surface area contributed by atoms with Gasteiger partial charge in [-0.1, -0.05) is 31.3 Å². The van der Waals surface area contributed by atoms with Crippen LogP contribution in [-0.4, -0.2) is 36.0 Å². The molecule has 0 atom stereocenters. The lowest BCUT2D eigenvalue weighted by Gasteiger charge is -2.11. The van der Waals surface area contributed by atoms with Gasteiger partial charge in [0.1, 0.15) is 22.9 Å². The van der Waals surface area contributed by atoms with Crippen molar-refractivity contribution in [1.82, 2.24) is 15.2 Å². The Morgan fingerprint density at radius 2 is 1.28 bits per heavy atom. The molecule has 6 heteroatoms. The van der Waals surface area contributed by atoms with E-state index in [1.807, 2.05) is 48.5 Å². The zero-order valence-corrected chi connectivity index (χ0v) is 17.2. The Bertz CT molecular complexity index is 896. The lowest BCUT2D eigenvalue weighted by molar-refractivity contribution is 0.278. The first kappa shape index (κ1) is 20.6. The monoisotopic (exact) mass is 393 g/mol. The topological polar surface area (TPSA) is 66.4 Å². The average Bonchev–Trinajstić information content (AvgIpc) is 2.79. The Morgan fingerprint density at radius 1 is 0.690 bits per heavy atom. The van der Waals surface area contributed by atoms with E-state index in [0.29, 0.717) is 18.3 Å². The van der Waals surface area contributed by atoms with Crippen LogP contribution in [0.25, 0.3) is 22.5 Å². The third-order valence-corrected chi connectivity index (χ3v) is 4.62. The van der Waals surface area contributed by atoms with Crippen LogP contribution in [0.15, 0.2) is 48.5 Å². The largest absolute Gasteiger partial charge is 0.497 e. The zero-order chi connectivity index (χ0) is 20.5. The van der Waals surface area contributed by atoms with Crippen LogP contribution >= 0.6 is 0 Å². The third kappa shape index (κ3) is 5.44. The van der Waals surface area contributed by atoms with Gasteiger partial charge in [0.2, 0.25) is 0 Å². The van der Waals surface area contributed by atoms with Gasteiger partial charge in [0, 0.05) is 11.1 Å². The Kier molecular flexibility index (Phi) is 7.39. The summed E-state index contributed by atoms with van der Waals surface area (Å²) in [5.41, 5.74) is 3.24. The van der Waals surface area contributed by atoms with Gasteiger partial charge < -0.3 is 14.2 Å². The fourth-order valence-electron chi connectivity index (χ4n) is 2.96. The molecular formula is C23H27N3O3. The molecule has 0 unspecified atom stereocenters. The summed E-state index contributed by atoms with van der Waals surface area (Å²) in [7, 11) is 3.29. The maximum atomic E-state index is 5.76. The van der Waals surface area contributed by atoms with E-state index >= 15 is 0 Å². The van der Waals surface area contributed by atoms with Crippen LogP contribution in [0.5, 0.6) is 17.5 Å². The van der Waals surface area contributed by atoms with Crippen molar-refractivity contribution in [3.63, 3.8) is 0 Å². The van der Waals surface area contributed by atoms with Crippen LogP contribution in [-0.2, 0) is 0 Å². The number of nitrogens with zero attached hydrogens (tertiary/aromatic N) is 3. The molecule has 0 aliphatic rings. The van der Waals surface area contributed by atoms with E-state index in [-0.39, 0.29) is 0 Å². The van der Waals surface area contributed by atoms with Crippen LogP contribution in [0.3, 0.4) is 0 Å². The third-order valence-electron chi connectivity index (χ3n) is 4.62. The van der Waals surface area contributed by atoms with Gasteiger partial charge in [-0.15, -0.1) is 5.10 Å². The number of unbranched alkanes of at least 4 members (excludes halogenated alkanes) is 3. The summed E-state index contributed by atoms with van der Waals surface area (Å²) in [4.78, 5) is 4.67. The fraction of sp³-hybridized carbons (Fsp3) is 0.348. The maximum Gasteiger partial charge on any atom is 0.336 e. The van der Waals surface area contributed by atoms with Gasteiger partial charge in [0.25, 0.3) is 0 Å². The number of benzene rings is 2. The first-order valence-corrected chi connectivity index (χ1v) is 9.91. The van der Waals surface area contributed by atoms with Crippen molar-refractivity contribution in [2.45, 2.75) is 32.6 Å². The number of aromatic nitrogens is 3. The SMILES string of the molecule is CCCCCCOc1nnc(-c2ccc(OC)cc2)c(-c2ccc(OC)cc2)n1. The lowest BCUT2D eigenvalue weighted by Crippen LogP contribution is -2.05. The highest BCUT2D eigenvalue weighted by atomic mass is 16.5. The van der Waals surface area contributed by atoms with Gasteiger partial charge in [-0.05, 0) is 55.0 Å². The molecular weight excluding hydrogens is 366 g/mol.